The highest BCUT2D eigenvalue weighted by Crippen LogP contribution is 2.50. The van der Waals surface area contributed by atoms with Crippen molar-refractivity contribution >= 4 is 11.6 Å². The van der Waals surface area contributed by atoms with Gasteiger partial charge in [-0.2, -0.15) is 5.26 Å². The van der Waals surface area contributed by atoms with Crippen LogP contribution in [0.5, 0.6) is 0 Å². The standard InChI is InChI=1S/C31H37N7O/c1-21-5-4-10-38(18-21)19-22-11-27(24-8-9-24)35-28(12-22)30(39)34-26-7-3-6-25(13-26)31(14-23(15-31)17-32)16-29-36-33-20-37(29)2/h3,6-7,11-13,20-21,23-24H,4-5,8-10,14-16,18-19H2,1-2H3,(H,34,39)/t21-,23-,31-/m0/s1. The fourth-order valence-corrected chi connectivity index (χ4v) is 6.44. The molecule has 0 spiro atoms. The van der Waals surface area contributed by atoms with Gasteiger partial charge in [0.2, 0.25) is 0 Å². The molecular weight excluding hydrogens is 486 g/mol. The molecule has 6 rings (SSSR count). The second kappa shape index (κ2) is 10.5. The van der Waals surface area contributed by atoms with Crippen LogP contribution in [0.1, 0.15) is 84.5 Å². The van der Waals surface area contributed by atoms with Crippen molar-refractivity contribution in [3.8, 4) is 6.07 Å². The van der Waals surface area contributed by atoms with E-state index in [0.717, 1.165) is 74.0 Å². The molecule has 2 aliphatic carbocycles. The number of aromatic nitrogens is 4. The van der Waals surface area contributed by atoms with E-state index in [0.29, 0.717) is 18.0 Å². The highest BCUT2D eigenvalue weighted by molar-refractivity contribution is 6.03. The molecule has 1 amide bonds. The van der Waals surface area contributed by atoms with Crippen LogP contribution in [0, 0.1) is 23.2 Å². The monoisotopic (exact) mass is 523 g/mol. The number of likely N-dealkylation sites (tertiary alicyclic amines) is 1. The molecule has 3 heterocycles. The van der Waals surface area contributed by atoms with Gasteiger partial charge in [0.15, 0.2) is 0 Å². The molecule has 2 saturated carbocycles. The summed E-state index contributed by atoms with van der Waals surface area (Å²) in [6.45, 7) is 5.41. The van der Waals surface area contributed by atoms with E-state index in [9.17, 15) is 10.1 Å². The van der Waals surface area contributed by atoms with E-state index in [1.165, 1.54) is 18.4 Å². The Bertz CT molecular complexity index is 1400. The first-order valence-electron chi connectivity index (χ1n) is 14.3. The molecule has 1 aromatic carbocycles. The van der Waals surface area contributed by atoms with Crippen LogP contribution in [0.2, 0.25) is 0 Å². The lowest BCUT2D eigenvalue weighted by atomic mass is 9.57. The minimum absolute atomic E-state index is 0.0344. The number of nitrogens with zero attached hydrogens (tertiary/aromatic N) is 6. The van der Waals surface area contributed by atoms with Gasteiger partial charge in [-0.3, -0.25) is 9.69 Å². The van der Waals surface area contributed by atoms with Crippen LogP contribution in [0.15, 0.2) is 42.7 Å². The molecule has 0 radical (unpaired) electrons. The van der Waals surface area contributed by atoms with Gasteiger partial charge in [0.1, 0.15) is 17.8 Å². The van der Waals surface area contributed by atoms with Crippen LogP contribution in [0.3, 0.4) is 0 Å². The minimum atomic E-state index is -0.190. The summed E-state index contributed by atoms with van der Waals surface area (Å²) in [5.74, 6) is 1.96. The summed E-state index contributed by atoms with van der Waals surface area (Å²) in [4.78, 5) is 20.8. The maximum Gasteiger partial charge on any atom is 0.274 e. The number of nitrogens with one attached hydrogen (secondary N) is 1. The van der Waals surface area contributed by atoms with Crippen molar-refractivity contribution in [2.45, 2.75) is 69.7 Å². The molecule has 0 unspecified atom stereocenters. The van der Waals surface area contributed by atoms with Crippen LogP contribution in [0.4, 0.5) is 5.69 Å². The summed E-state index contributed by atoms with van der Waals surface area (Å²) in [5.41, 5.74) is 4.40. The van der Waals surface area contributed by atoms with Crippen LogP contribution in [-0.4, -0.2) is 43.6 Å². The number of pyridine rings is 1. The smallest absolute Gasteiger partial charge is 0.274 e. The molecule has 1 atom stereocenters. The average Bonchev–Trinajstić information content (AvgIpc) is 3.68. The molecule has 1 N–H and O–H groups in total. The van der Waals surface area contributed by atoms with Gasteiger partial charge in [0.05, 0.1) is 6.07 Å². The summed E-state index contributed by atoms with van der Waals surface area (Å²) >= 11 is 0. The number of hydrogen-bond acceptors (Lipinski definition) is 6. The largest absolute Gasteiger partial charge is 0.321 e. The molecule has 3 aliphatic rings. The first-order valence-corrected chi connectivity index (χ1v) is 14.3. The Hall–Kier alpha value is -3.57. The van der Waals surface area contributed by atoms with E-state index >= 15 is 0 Å². The first kappa shape index (κ1) is 25.7. The van der Waals surface area contributed by atoms with Gasteiger partial charge in [0, 0.05) is 55.2 Å². The second-order valence-electron chi connectivity index (χ2n) is 12.1. The number of piperidine rings is 1. The van der Waals surface area contributed by atoms with Crippen molar-refractivity contribution in [1.29, 1.82) is 5.26 Å². The first-order chi connectivity index (χ1) is 18.9. The molecule has 3 aromatic rings. The summed E-state index contributed by atoms with van der Waals surface area (Å²) in [7, 11) is 1.95. The molecule has 1 aliphatic heterocycles. The Labute approximate surface area is 230 Å². The van der Waals surface area contributed by atoms with Gasteiger partial charge in [0.25, 0.3) is 5.91 Å². The normalized spacial score (nSPS) is 25.1. The molecule has 202 valence electrons. The van der Waals surface area contributed by atoms with E-state index in [-0.39, 0.29) is 17.2 Å². The molecule has 39 heavy (non-hydrogen) atoms. The molecule has 2 aromatic heterocycles. The maximum absolute atomic E-state index is 13.5. The third kappa shape index (κ3) is 5.60. The molecule has 0 bridgehead atoms. The van der Waals surface area contributed by atoms with Crippen molar-refractivity contribution in [3.63, 3.8) is 0 Å². The van der Waals surface area contributed by atoms with Crippen molar-refractivity contribution in [1.82, 2.24) is 24.6 Å². The number of rotatable bonds is 8. The fraction of sp³-hybridized carbons (Fsp3) is 0.516. The molecule has 8 heteroatoms. The van der Waals surface area contributed by atoms with E-state index in [1.807, 2.05) is 29.8 Å². The van der Waals surface area contributed by atoms with E-state index in [4.69, 9.17) is 4.98 Å². The predicted molar refractivity (Wildman–Crippen MR) is 149 cm³/mol. The quantitative estimate of drug-likeness (QED) is 0.447. The summed E-state index contributed by atoms with van der Waals surface area (Å²) in [6.07, 6.45) is 8.80. The predicted octanol–water partition coefficient (Wildman–Crippen LogP) is 4.99. The third-order valence-electron chi connectivity index (χ3n) is 8.77. The summed E-state index contributed by atoms with van der Waals surface area (Å²) in [6, 6.07) is 14.7. The third-order valence-corrected chi connectivity index (χ3v) is 8.77. The highest BCUT2D eigenvalue weighted by atomic mass is 16.1. The molecule has 3 fully saturated rings. The zero-order valence-electron chi connectivity index (χ0n) is 22.9. The summed E-state index contributed by atoms with van der Waals surface area (Å²) in [5, 5.41) is 21.0. The SMILES string of the molecule is C[C@H]1CCCN(Cc2cc(C(=O)Nc3cccc([C@]4(Cc5nncn5C)C[C@@H](C#N)C4)c3)nc(C3CC3)c2)C1. The van der Waals surface area contributed by atoms with Crippen molar-refractivity contribution in [2.24, 2.45) is 18.9 Å². The molecule has 1 saturated heterocycles. The van der Waals surface area contributed by atoms with Gasteiger partial charge in [-0.15, -0.1) is 10.2 Å². The minimum Gasteiger partial charge on any atom is -0.321 e. The van der Waals surface area contributed by atoms with Gasteiger partial charge in [-0.1, -0.05) is 19.1 Å². The van der Waals surface area contributed by atoms with Crippen molar-refractivity contribution in [3.05, 3.63) is 71.1 Å². The van der Waals surface area contributed by atoms with E-state index in [2.05, 4.69) is 51.6 Å². The number of aryl methyl sites for hydroxylation is 1. The van der Waals surface area contributed by atoms with Crippen LogP contribution in [-0.2, 0) is 25.4 Å². The zero-order chi connectivity index (χ0) is 27.0. The lowest BCUT2D eigenvalue weighted by Gasteiger charge is -2.45. The van der Waals surface area contributed by atoms with E-state index in [1.54, 1.807) is 6.33 Å². The number of benzene rings is 1. The highest BCUT2D eigenvalue weighted by Gasteiger charge is 2.46. The number of anilines is 1. The number of amides is 1. The summed E-state index contributed by atoms with van der Waals surface area (Å²) < 4.78 is 1.94. The van der Waals surface area contributed by atoms with Gasteiger partial charge in [-0.05, 0) is 86.4 Å². The number of nitriles is 1. The topological polar surface area (TPSA) is 99.7 Å². The number of carbonyl (C=O) groups is 1. The van der Waals surface area contributed by atoms with Crippen LogP contribution < -0.4 is 5.32 Å². The average molecular weight is 524 g/mol. The van der Waals surface area contributed by atoms with Crippen LogP contribution in [0.25, 0.3) is 0 Å². The maximum atomic E-state index is 13.5. The molecule has 8 nitrogen and oxygen atoms in total. The Morgan fingerprint density at radius 3 is 2.77 bits per heavy atom. The van der Waals surface area contributed by atoms with Gasteiger partial charge < -0.3 is 9.88 Å². The van der Waals surface area contributed by atoms with Crippen molar-refractivity contribution in [2.75, 3.05) is 18.4 Å². The second-order valence-corrected chi connectivity index (χ2v) is 12.1. The van der Waals surface area contributed by atoms with Gasteiger partial charge >= 0.3 is 0 Å². The zero-order valence-corrected chi connectivity index (χ0v) is 22.9. The number of hydrogen-bond donors (Lipinski definition) is 1. The Kier molecular flexibility index (Phi) is 6.94. The Balaban J connectivity index is 1.22. The molecular formula is C31H37N7O. The fourth-order valence-electron chi connectivity index (χ4n) is 6.44. The Morgan fingerprint density at radius 1 is 1.21 bits per heavy atom. The lowest BCUT2D eigenvalue weighted by Crippen LogP contribution is -2.43. The van der Waals surface area contributed by atoms with Crippen LogP contribution >= 0.6 is 0 Å². The number of carbonyl (C=O) groups excluding carboxylic acids is 1. The lowest BCUT2D eigenvalue weighted by molar-refractivity contribution is 0.102. The van der Waals surface area contributed by atoms with E-state index < -0.39 is 0 Å². The van der Waals surface area contributed by atoms with Gasteiger partial charge in [-0.25, -0.2) is 4.98 Å². The van der Waals surface area contributed by atoms with Crippen molar-refractivity contribution < 1.29 is 4.79 Å². The Morgan fingerprint density at radius 2 is 2.05 bits per heavy atom.